The summed E-state index contributed by atoms with van der Waals surface area (Å²) < 4.78 is 12.7. The topological polar surface area (TPSA) is 39.5 Å². The lowest BCUT2D eigenvalue weighted by atomic mass is 10.0. The molecular weight excluding hydrogens is 338 g/mol. The molecule has 140 valence electrons. The third kappa shape index (κ3) is 3.69. The Morgan fingerprint density at radius 3 is 2.56 bits per heavy atom. The number of ether oxygens (including phenoxy) is 2. The molecule has 1 fully saturated rings. The fourth-order valence-corrected chi connectivity index (χ4v) is 3.86. The molecule has 0 radical (unpaired) electrons. The minimum absolute atomic E-state index is 0.413. The van der Waals surface area contributed by atoms with Crippen LogP contribution < -0.4 is 9.47 Å². The Balaban J connectivity index is 1.50. The highest BCUT2D eigenvalue weighted by Gasteiger charge is 2.26. The highest BCUT2D eigenvalue weighted by molar-refractivity contribution is 5.44. The van der Waals surface area contributed by atoms with E-state index in [4.69, 9.17) is 9.47 Å². The molecule has 2 aromatic carbocycles. The van der Waals surface area contributed by atoms with Gasteiger partial charge < -0.3 is 9.47 Å². The molecule has 0 N–H and O–H groups in total. The zero-order chi connectivity index (χ0) is 18.6. The lowest BCUT2D eigenvalue weighted by Gasteiger charge is -2.25. The molecule has 1 aromatic heterocycles. The van der Waals surface area contributed by atoms with E-state index in [-0.39, 0.29) is 0 Å². The van der Waals surface area contributed by atoms with E-state index in [0.717, 1.165) is 30.3 Å². The molecule has 5 nitrogen and oxygen atoms in total. The molecule has 2 heterocycles. The van der Waals surface area contributed by atoms with Crippen molar-refractivity contribution in [1.29, 1.82) is 0 Å². The molecule has 0 saturated carbocycles. The summed E-state index contributed by atoms with van der Waals surface area (Å²) in [7, 11) is 3.36. The average molecular weight is 363 g/mol. The largest absolute Gasteiger partial charge is 0.493 e. The van der Waals surface area contributed by atoms with E-state index in [9.17, 15) is 0 Å². The van der Waals surface area contributed by atoms with Crippen molar-refractivity contribution in [2.45, 2.75) is 25.4 Å². The van der Waals surface area contributed by atoms with Crippen molar-refractivity contribution in [3.8, 4) is 17.2 Å². The molecule has 0 aliphatic carbocycles. The maximum atomic E-state index is 5.49. The number of benzene rings is 2. The lowest BCUT2D eigenvalue weighted by molar-refractivity contribution is 0.247. The number of nitrogens with zero attached hydrogens (tertiary/aromatic N) is 3. The van der Waals surface area contributed by atoms with E-state index in [0.29, 0.717) is 6.04 Å². The van der Waals surface area contributed by atoms with Gasteiger partial charge in [-0.3, -0.25) is 4.90 Å². The summed E-state index contributed by atoms with van der Waals surface area (Å²) >= 11 is 0. The summed E-state index contributed by atoms with van der Waals surface area (Å²) in [6.45, 7) is 2.05. The van der Waals surface area contributed by atoms with Crippen molar-refractivity contribution in [1.82, 2.24) is 14.7 Å². The summed E-state index contributed by atoms with van der Waals surface area (Å²) in [4.78, 5) is 2.55. The van der Waals surface area contributed by atoms with Crippen LogP contribution in [0.1, 0.15) is 30.0 Å². The first-order valence-corrected chi connectivity index (χ1v) is 9.33. The fourth-order valence-electron chi connectivity index (χ4n) is 3.86. The van der Waals surface area contributed by atoms with Crippen LogP contribution in [0.2, 0.25) is 0 Å². The van der Waals surface area contributed by atoms with E-state index in [1.54, 1.807) is 20.4 Å². The fraction of sp³-hybridized carbons (Fsp3) is 0.318. The second-order valence-corrected chi connectivity index (χ2v) is 6.86. The summed E-state index contributed by atoms with van der Waals surface area (Å²) in [6, 6.07) is 17.3. The van der Waals surface area contributed by atoms with Gasteiger partial charge in [-0.05, 0) is 60.8 Å². The van der Waals surface area contributed by atoms with Crippen LogP contribution in [-0.4, -0.2) is 35.4 Å². The van der Waals surface area contributed by atoms with Crippen molar-refractivity contribution in [3.63, 3.8) is 0 Å². The van der Waals surface area contributed by atoms with Crippen molar-refractivity contribution in [2.24, 2.45) is 0 Å². The van der Waals surface area contributed by atoms with Crippen LogP contribution in [0.15, 0.2) is 60.9 Å². The quantitative estimate of drug-likeness (QED) is 0.657. The van der Waals surface area contributed by atoms with Crippen LogP contribution in [0, 0.1) is 0 Å². The molecule has 5 heteroatoms. The van der Waals surface area contributed by atoms with Crippen LogP contribution in [0.25, 0.3) is 5.69 Å². The lowest BCUT2D eigenvalue weighted by Crippen LogP contribution is -2.22. The molecule has 0 amide bonds. The summed E-state index contributed by atoms with van der Waals surface area (Å²) in [5.41, 5.74) is 3.69. The molecule has 1 aliphatic heterocycles. The van der Waals surface area contributed by atoms with Gasteiger partial charge in [0.2, 0.25) is 0 Å². The highest BCUT2D eigenvalue weighted by Crippen LogP contribution is 2.37. The van der Waals surface area contributed by atoms with Gasteiger partial charge in [0.25, 0.3) is 0 Å². The summed E-state index contributed by atoms with van der Waals surface area (Å²) in [6.07, 6.45) is 6.14. The number of aromatic nitrogens is 2. The molecule has 1 aliphatic rings. The smallest absolute Gasteiger partial charge is 0.161 e. The number of rotatable bonds is 6. The Labute approximate surface area is 160 Å². The highest BCUT2D eigenvalue weighted by atomic mass is 16.5. The van der Waals surface area contributed by atoms with Crippen LogP contribution in [0.3, 0.4) is 0 Å². The van der Waals surface area contributed by atoms with E-state index in [1.807, 2.05) is 23.0 Å². The first-order valence-electron chi connectivity index (χ1n) is 9.33. The maximum Gasteiger partial charge on any atom is 0.161 e. The van der Waals surface area contributed by atoms with Crippen LogP contribution in [0.4, 0.5) is 0 Å². The minimum atomic E-state index is 0.413. The Morgan fingerprint density at radius 1 is 1.04 bits per heavy atom. The standard InChI is InChI=1S/C22H25N3O2/c1-26-21-11-8-18(15-22(21)27-2)20-5-3-13-24(20)16-17-6-9-19(10-7-17)25-14-4-12-23-25/h4,6-12,14-15,20H,3,5,13,16H2,1-2H3/t20-/m1/s1. The predicted octanol–water partition coefficient (Wildman–Crippen LogP) is 4.23. The maximum absolute atomic E-state index is 5.49. The summed E-state index contributed by atoms with van der Waals surface area (Å²) in [5, 5.41) is 4.29. The molecule has 4 rings (SSSR count). The number of hydrogen-bond donors (Lipinski definition) is 0. The summed E-state index contributed by atoms with van der Waals surface area (Å²) in [5.74, 6) is 1.57. The number of methoxy groups -OCH3 is 2. The van der Waals surface area contributed by atoms with Gasteiger partial charge in [-0.15, -0.1) is 0 Å². The van der Waals surface area contributed by atoms with Gasteiger partial charge in [0.1, 0.15) is 0 Å². The Bertz CT molecular complexity index is 875. The van der Waals surface area contributed by atoms with E-state index in [1.165, 1.54) is 24.0 Å². The first-order chi connectivity index (χ1) is 13.3. The van der Waals surface area contributed by atoms with Gasteiger partial charge in [-0.2, -0.15) is 5.10 Å². The van der Waals surface area contributed by atoms with Crippen LogP contribution >= 0.6 is 0 Å². The molecule has 1 atom stereocenters. The van der Waals surface area contributed by atoms with E-state index in [2.05, 4.69) is 46.4 Å². The Morgan fingerprint density at radius 2 is 1.85 bits per heavy atom. The van der Waals surface area contributed by atoms with Crippen molar-refractivity contribution in [2.75, 3.05) is 20.8 Å². The number of likely N-dealkylation sites (tertiary alicyclic amines) is 1. The Hall–Kier alpha value is -2.79. The zero-order valence-corrected chi connectivity index (χ0v) is 15.8. The van der Waals surface area contributed by atoms with Gasteiger partial charge in [-0.25, -0.2) is 4.68 Å². The predicted molar refractivity (Wildman–Crippen MR) is 105 cm³/mol. The van der Waals surface area contributed by atoms with Gasteiger partial charge in [0.15, 0.2) is 11.5 Å². The minimum Gasteiger partial charge on any atom is -0.493 e. The van der Waals surface area contributed by atoms with Gasteiger partial charge in [0, 0.05) is 25.0 Å². The second kappa shape index (κ2) is 7.84. The third-order valence-electron chi connectivity index (χ3n) is 5.25. The molecule has 0 bridgehead atoms. The van der Waals surface area contributed by atoms with Crippen LogP contribution in [-0.2, 0) is 6.54 Å². The second-order valence-electron chi connectivity index (χ2n) is 6.86. The molecule has 3 aromatic rings. The van der Waals surface area contributed by atoms with Crippen molar-refractivity contribution < 1.29 is 9.47 Å². The monoisotopic (exact) mass is 363 g/mol. The third-order valence-corrected chi connectivity index (χ3v) is 5.25. The van der Waals surface area contributed by atoms with Crippen molar-refractivity contribution >= 4 is 0 Å². The molecule has 1 saturated heterocycles. The van der Waals surface area contributed by atoms with Gasteiger partial charge >= 0.3 is 0 Å². The van der Waals surface area contributed by atoms with Crippen molar-refractivity contribution in [3.05, 3.63) is 72.1 Å². The number of hydrogen-bond acceptors (Lipinski definition) is 4. The zero-order valence-electron chi connectivity index (χ0n) is 15.8. The Kier molecular flexibility index (Phi) is 5.12. The molecule has 0 spiro atoms. The van der Waals surface area contributed by atoms with Gasteiger partial charge in [-0.1, -0.05) is 18.2 Å². The average Bonchev–Trinajstić information content (AvgIpc) is 3.40. The normalized spacial score (nSPS) is 17.2. The van der Waals surface area contributed by atoms with Gasteiger partial charge in [0.05, 0.1) is 19.9 Å². The van der Waals surface area contributed by atoms with Crippen LogP contribution in [0.5, 0.6) is 11.5 Å². The molecular formula is C22H25N3O2. The molecule has 27 heavy (non-hydrogen) atoms. The van der Waals surface area contributed by atoms with E-state index < -0.39 is 0 Å². The molecule has 0 unspecified atom stereocenters. The van der Waals surface area contributed by atoms with E-state index >= 15 is 0 Å². The first kappa shape index (κ1) is 17.6. The SMILES string of the molecule is COc1ccc([C@H]2CCCN2Cc2ccc(-n3cccn3)cc2)cc1OC.